The highest BCUT2D eigenvalue weighted by Crippen LogP contribution is 2.58. The molecule has 9 rings (SSSR count). The second-order valence-corrected chi connectivity index (χ2v) is 13.7. The Balaban J connectivity index is 1.22. The first kappa shape index (κ1) is 30.6. The van der Waals surface area contributed by atoms with E-state index in [1.807, 2.05) is 80.6 Å². The predicted octanol–water partition coefficient (Wildman–Crippen LogP) is 10.4. The van der Waals surface area contributed by atoms with E-state index in [-0.39, 0.29) is 0 Å². The number of rotatable bonds is 5. The number of para-hydroxylation sites is 1. The zero-order valence-corrected chi connectivity index (χ0v) is 27.9. The SMILES string of the molecule is CC1(C)c2c(F)cc(F)cc2-c2c1c1c(c3ccccc23)OC(c2ccc(Oc3ccccc3)cc2)(c2ccc(N3CCOCC3)cc2)C=C1. The Hall–Kier alpha value is -5.46. The number of halogens is 2. The molecule has 1 atom stereocenters. The third kappa shape index (κ3) is 4.73. The Morgan fingerprint density at radius 2 is 1.34 bits per heavy atom. The Morgan fingerprint density at radius 3 is 2.06 bits per heavy atom. The summed E-state index contributed by atoms with van der Waals surface area (Å²) in [6, 6.07) is 36.8. The molecule has 50 heavy (non-hydrogen) atoms. The van der Waals surface area contributed by atoms with Crippen LogP contribution in [-0.2, 0) is 15.8 Å². The molecule has 6 heteroatoms. The Labute approximate surface area is 290 Å². The van der Waals surface area contributed by atoms with Crippen molar-refractivity contribution >= 4 is 22.5 Å². The minimum Gasteiger partial charge on any atom is -0.472 e. The van der Waals surface area contributed by atoms with Gasteiger partial charge >= 0.3 is 0 Å². The summed E-state index contributed by atoms with van der Waals surface area (Å²) in [5, 5.41) is 1.79. The lowest BCUT2D eigenvalue weighted by Crippen LogP contribution is -2.37. The van der Waals surface area contributed by atoms with Crippen molar-refractivity contribution in [3.63, 3.8) is 0 Å². The number of hydrogen-bond donors (Lipinski definition) is 0. The quantitative estimate of drug-likeness (QED) is 0.184. The van der Waals surface area contributed by atoms with E-state index in [2.05, 4.69) is 53.5 Å². The zero-order chi connectivity index (χ0) is 34.0. The molecule has 6 aromatic rings. The van der Waals surface area contributed by atoms with Gasteiger partial charge in [-0.3, -0.25) is 0 Å². The Morgan fingerprint density at radius 1 is 0.700 bits per heavy atom. The smallest absolute Gasteiger partial charge is 0.178 e. The summed E-state index contributed by atoms with van der Waals surface area (Å²) in [7, 11) is 0. The van der Waals surface area contributed by atoms with Gasteiger partial charge < -0.3 is 19.1 Å². The van der Waals surface area contributed by atoms with Crippen LogP contribution in [0, 0.1) is 11.6 Å². The van der Waals surface area contributed by atoms with Crippen LogP contribution >= 0.6 is 0 Å². The molecule has 1 fully saturated rings. The maximum Gasteiger partial charge on any atom is 0.178 e. The second-order valence-electron chi connectivity index (χ2n) is 13.7. The van der Waals surface area contributed by atoms with E-state index >= 15 is 4.39 Å². The van der Waals surface area contributed by atoms with Gasteiger partial charge in [0, 0.05) is 57.9 Å². The molecule has 4 nitrogen and oxygen atoms in total. The van der Waals surface area contributed by atoms with Crippen LogP contribution in [0.1, 0.15) is 41.7 Å². The van der Waals surface area contributed by atoms with Gasteiger partial charge in [0.15, 0.2) is 5.60 Å². The van der Waals surface area contributed by atoms with Gasteiger partial charge in [0.05, 0.1) is 13.2 Å². The monoisotopic (exact) mass is 663 g/mol. The summed E-state index contributed by atoms with van der Waals surface area (Å²) in [6.07, 6.45) is 4.23. The highest BCUT2D eigenvalue weighted by Gasteiger charge is 2.45. The lowest BCUT2D eigenvalue weighted by Gasteiger charge is -2.38. The zero-order valence-electron chi connectivity index (χ0n) is 27.9. The van der Waals surface area contributed by atoms with E-state index in [1.165, 1.54) is 6.07 Å². The van der Waals surface area contributed by atoms with Crippen molar-refractivity contribution in [2.45, 2.75) is 24.9 Å². The molecule has 3 aliphatic rings. The molecule has 248 valence electrons. The third-order valence-electron chi connectivity index (χ3n) is 10.5. The number of nitrogens with zero attached hydrogens (tertiary/aromatic N) is 1. The molecule has 0 saturated carbocycles. The maximum atomic E-state index is 15.6. The van der Waals surface area contributed by atoms with Crippen LogP contribution in [0.25, 0.3) is 28.0 Å². The molecule has 2 heterocycles. The summed E-state index contributed by atoms with van der Waals surface area (Å²) in [4.78, 5) is 2.33. The fourth-order valence-corrected chi connectivity index (χ4v) is 8.17. The number of fused-ring (bicyclic) bond motifs is 8. The first-order chi connectivity index (χ1) is 24.3. The van der Waals surface area contributed by atoms with Gasteiger partial charge in [-0.25, -0.2) is 8.78 Å². The second kappa shape index (κ2) is 11.6. The summed E-state index contributed by atoms with van der Waals surface area (Å²) >= 11 is 0. The van der Waals surface area contributed by atoms with Gasteiger partial charge in [0.25, 0.3) is 0 Å². The molecule has 2 aliphatic heterocycles. The summed E-state index contributed by atoms with van der Waals surface area (Å²) in [5.41, 5.74) is 5.07. The normalized spacial score (nSPS) is 18.7. The minimum absolute atomic E-state index is 0.505. The number of anilines is 1. The highest BCUT2D eigenvalue weighted by molar-refractivity contribution is 6.08. The lowest BCUT2D eigenvalue weighted by molar-refractivity contribution is 0.122. The van der Waals surface area contributed by atoms with Gasteiger partial charge in [0.2, 0.25) is 0 Å². The molecule has 1 aliphatic carbocycles. The highest BCUT2D eigenvalue weighted by atomic mass is 19.1. The first-order valence-electron chi connectivity index (χ1n) is 17.1. The van der Waals surface area contributed by atoms with Gasteiger partial charge in [0.1, 0.15) is 28.9 Å². The van der Waals surface area contributed by atoms with E-state index in [1.54, 1.807) is 0 Å². The summed E-state index contributed by atoms with van der Waals surface area (Å²) in [6.45, 7) is 7.13. The van der Waals surface area contributed by atoms with E-state index in [9.17, 15) is 4.39 Å². The number of hydrogen-bond acceptors (Lipinski definition) is 4. The molecule has 0 N–H and O–H groups in total. The third-order valence-corrected chi connectivity index (χ3v) is 10.5. The molecule has 0 radical (unpaired) electrons. The van der Waals surface area contributed by atoms with Crippen LogP contribution in [-0.4, -0.2) is 26.3 Å². The van der Waals surface area contributed by atoms with Crippen molar-refractivity contribution in [1.29, 1.82) is 0 Å². The van der Waals surface area contributed by atoms with Crippen molar-refractivity contribution in [1.82, 2.24) is 0 Å². The van der Waals surface area contributed by atoms with Crippen molar-refractivity contribution in [3.05, 3.63) is 161 Å². The molecule has 0 amide bonds. The Bertz CT molecular complexity index is 2290. The summed E-state index contributed by atoms with van der Waals surface area (Å²) in [5.74, 6) is 1.07. The number of benzene rings is 6. The molecule has 1 saturated heterocycles. The van der Waals surface area contributed by atoms with Crippen LogP contribution in [0.5, 0.6) is 17.2 Å². The standard InChI is InChI=1S/C44H35F2NO3/c1-43(2)40-37(26-30(45)27-38(40)46)39-34-10-6-7-11-35(34)42-36(41(39)43)20-21-44(50-42,28-12-16-31(17-13-28)47-22-24-48-25-23-47)29-14-18-33(19-15-29)49-32-8-4-3-5-9-32/h3-21,26-27H,22-25H2,1-2H3. The summed E-state index contributed by atoms with van der Waals surface area (Å²) < 4.78 is 49.5. The van der Waals surface area contributed by atoms with E-state index in [4.69, 9.17) is 14.2 Å². The fourth-order valence-electron chi connectivity index (χ4n) is 8.17. The van der Waals surface area contributed by atoms with Gasteiger partial charge in [-0.05, 0) is 70.6 Å². The molecular weight excluding hydrogens is 628 g/mol. The minimum atomic E-state index is -0.994. The van der Waals surface area contributed by atoms with Gasteiger partial charge in [-0.1, -0.05) is 86.7 Å². The van der Waals surface area contributed by atoms with Crippen LogP contribution in [0.4, 0.5) is 14.5 Å². The van der Waals surface area contributed by atoms with Crippen LogP contribution < -0.4 is 14.4 Å². The lowest BCUT2D eigenvalue weighted by atomic mass is 9.76. The van der Waals surface area contributed by atoms with Crippen molar-refractivity contribution in [2.24, 2.45) is 0 Å². The molecule has 0 spiro atoms. The largest absolute Gasteiger partial charge is 0.472 e. The fraction of sp³-hybridized carbons (Fsp3) is 0.182. The maximum absolute atomic E-state index is 15.6. The van der Waals surface area contributed by atoms with Crippen molar-refractivity contribution < 1.29 is 23.0 Å². The molecule has 0 aromatic heterocycles. The van der Waals surface area contributed by atoms with E-state index < -0.39 is 22.7 Å². The topological polar surface area (TPSA) is 30.9 Å². The first-order valence-corrected chi connectivity index (χ1v) is 17.1. The molecule has 0 bridgehead atoms. The average molecular weight is 664 g/mol. The number of ether oxygens (including phenoxy) is 3. The van der Waals surface area contributed by atoms with Crippen molar-refractivity contribution in [3.8, 4) is 28.4 Å². The Kier molecular flexibility index (Phi) is 7.08. The number of morpholine rings is 1. The van der Waals surface area contributed by atoms with E-state index in [0.717, 1.165) is 74.9 Å². The van der Waals surface area contributed by atoms with Crippen LogP contribution in [0.2, 0.25) is 0 Å². The molecule has 1 unspecified atom stereocenters. The van der Waals surface area contributed by atoms with Crippen LogP contribution in [0.15, 0.2) is 121 Å². The van der Waals surface area contributed by atoms with Crippen molar-refractivity contribution in [2.75, 3.05) is 31.2 Å². The van der Waals surface area contributed by atoms with Crippen LogP contribution in [0.3, 0.4) is 0 Å². The molecular formula is C44H35F2NO3. The molecule has 6 aromatic carbocycles. The van der Waals surface area contributed by atoms with Gasteiger partial charge in [-0.15, -0.1) is 0 Å². The van der Waals surface area contributed by atoms with Gasteiger partial charge in [-0.2, -0.15) is 0 Å². The van der Waals surface area contributed by atoms with E-state index in [0.29, 0.717) is 30.1 Å². The predicted molar refractivity (Wildman–Crippen MR) is 194 cm³/mol. The average Bonchev–Trinajstić information content (AvgIpc) is 3.39.